The molecule has 1 aromatic carbocycles. The largest absolute Gasteiger partial charge is 0.490 e. The first-order valence-corrected chi connectivity index (χ1v) is 5.73. The number of rotatable bonds is 4. The van der Waals surface area contributed by atoms with Crippen LogP contribution in [0.2, 0.25) is 0 Å². The second-order valence-corrected chi connectivity index (χ2v) is 4.18. The Kier molecular flexibility index (Phi) is 3.50. The Hall–Kier alpha value is -2.04. The number of nitrogens with two attached hydrogens (primary N) is 1. The van der Waals surface area contributed by atoms with Crippen LogP contribution in [-0.4, -0.2) is 16.4 Å². The van der Waals surface area contributed by atoms with Crippen LogP contribution in [0, 0.1) is 12.7 Å². The molecule has 0 fully saturated rings. The first-order valence-electron chi connectivity index (χ1n) is 5.73. The lowest BCUT2D eigenvalue weighted by Crippen LogP contribution is -2.07. The SMILES string of the molecule is Cc1cc(OCCc2ccnn2C)c(F)cc1N. The van der Waals surface area contributed by atoms with E-state index in [0.717, 1.165) is 11.3 Å². The molecule has 0 spiro atoms. The molecule has 18 heavy (non-hydrogen) atoms. The third-order valence-electron chi connectivity index (χ3n) is 2.86. The Morgan fingerprint density at radius 2 is 2.22 bits per heavy atom. The maximum Gasteiger partial charge on any atom is 0.167 e. The number of nitrogens with zero attached hydrogens (tertiary/aromatic N) is 2. The van der Waals surface area contributed by atoms with Crippen molar-refractivity contribution in [3.05, 3.63) is 41.5 Å². The Balaban J connectivity index is 1.99. The van der Waals surface area contributed by atoms with Gasteiger partial charge in [-0.25, -0.2) is 4.39 Å². The molecule has 0 unspecified atom stereocenters. The lowest BCUT2D eigenvalue weighted by molar-refractivity contribution is 0.302. The van der Waals surface area contributed by atoms with Gasteiger partial charge >= 0.3 is 0 Å². The van der Waals surface area contributed by atoms with Crippen molar-refractivity contribution in [3.8, 4) is 5.75 Å². The van der Waals surface area contributed by atoms with E-state index in [4.69, 9.17) is 10.5 Å². The van der Waals surface area contributed by atoms with Crippen LogP contribution in [0.1, 0.15) is 11.3 Å². The predicted molar refractivity (Wildman–Crippen MR) is 68.0 cm³/mol. The van der Waals surface area contributed by atoms with Gasteiger partial charge in [-0.15, -0.1) is 0 Å². The van der Waals surface area contributed by atoms with Crippen molar-refractivity contribution >= 4 is 5.69 Å². The zero-order chi connectivity index (χ0) is 13.1. The average molecular weight is 249 g/mol. The van der Waals surface area contributed by atoms with E-state index in [-0.39, 0.29) is 5.75 Å². The molecule has 2 N–H and O–H groups in total. The van der Waals surface area contributed by atoms with Crippen LogP contribution in [-0.2, 0) is 13.5 Å². The van der Waals surface area contributed by atoms with Gasteiger partial charge in [0.1, 0.15) is 0 Å². The molecule has 0 aliphatic rings. The summed E-state index contributed by atoms with van der Waals surface area (Å²) >= 11 is 0. The molecule has 0 radical (unpaired) electrons. The van der Waals surface area contributed by atoms with Gasteiger partial charge in [0.15, 0.2) is 11.6 Å². The molecule has 2 aromatic rings. The van der Waals surface area contributed by atoms with Crippen molar-refractivity contribution < 1.29 is 9.13 Å². The number of hydrogen-bond acceptors (Lipinski definition) is 3. The molecule has 0 atom stereocenters. The molecule has 1 aromatic heterocycles. The highest BCUT2D eigenvalue weighted by molar-refractivity contribution is 5.50. The second-order valence-electron chi connectivity index (χ2n) is 4.18. The maximum absolute atomic E-state index is 13.6. The van der Waals surface area contributed by atoms with Crippen LogP contribution in [0.3, 0.4) is 0 Å². The van der Waals surface area contributed by atoms with E-state index >= 15 is 0 Å². The fourth-order valence-corrected chi connectivity index (χ4v) is 1.69. The molecule has 0 amide bonds. The van der Waals surface area contributed by atoms with Gasteiger partial charge in [0.25, 0.3) is 0 Å². The van der Waals surface area contributed by atoms with Crippen LogP contribution >= 0.6 is 0 Å². The third-order valence-corrected chi connectivity index (χ3v) is 2.86. The molecule has 5 heteroatoms. The van der Waals surface area contributed by atoms with Gasteiger partial charge < -0.3 is 10.5 Å². The van der Waals surface area contributed by atoms with E-state index in [2.05, 4.69) is 5.10 Å². The minimum Gasteiger partial charge on any atom is -0.490 e. The topological polar surface area (TPSA) is 53.1 Å². The van der Waals surface area contributed by atoms with Crippen molar-refractivity contribution in [2.24, 2.45) is 7.05 Å². The van der Waals surface area contributed by atoms with E-state index < -0.39 is 5.82 Å². The lowest BCUT2D eigenvalue weighted by Gasteiger charge is -2.09. The molecular weight excluding hydrogens is 233 g/mol. The summed E-state index contributed by atoms with van der Waals surface area (Å²) in [5.41, 5.74) is 7.90. The molecule has 2 rings (SSSR count). The number of aromatic nitrogens is 2. The fraction of sp³-hybridized carbons (Fsp3) is 0.308. The van der Waals surface area contributed by atoms with Crippen molar-refractivity contribution in [1.29, 1.82) is 0 Å². The molecule has 0 aliphatic heterocycles. The summed E-state index contributed by atoms with van der Waals surface area (Å²) in [6, 6.07) is 4.82. The molecular formula is C13H16FN3O. The van der Waals surface area contributed by atoms with Crippen LogP contribution in [0.5, 0.6) is 5.75 Å². The van der Waals surface area contributed by atoms with E-state index in [9.17, 15) is 4.39 Å². The summed E-state index contributed by atoms with van der Waals surface area (Å²) in [6.07, 6.45) is 2.41. The monoisotopic (exact) mass is 249 g/mol. The summed E-state index contributed by atoms with van der Waals surface area (Å²) in [4.78, 5) is 0. The van der Waals surface area contributed by atoms with Crippen LogP contribution in [0.15, 0.2) is 24.4 Å². The minimum absolute atomic E-state index is 0.240. The second kappa shape index (κ2) is 5.08. The van der Waals surface area contributed by atoms with Gasteiger partial charge in [0.2, 0.25) is 0 Å². The number of anilines is 1. The van der Waals surface area contributed by atoms with Gasteiger partial charge in [-0.3, -0.25) is 4.68 Å². The number of benzene rings is 1. The zero-order valence-electron chi connectivity index (χ0n) is 10.5. The number of hydrogen-bond donors (Lipinski definition) is 1. The van der Waals surface area contributed by atoms with Crippen LogP contribution in [0.4, 0.5) is 10.1 Å². The van der Waals surface area contributed by atoms with Gasteiger partial charge in [-0.1, -0.05) is 0 Å². The summed E-state index contributed by atoms with van der Waals surface area (Å²) in [6.45, 7) is 2.22. The maximum atomic E-state index is 13.6. The highest BCUT2D eigenvalue weighted by Gasteiger charge is 2.07. The van der Waals surface area contributed by atoms with Gasteiger partial charge in [-0.2, -0.15) is 5.10 Å². The molecule has 1 heterocycles. The minimum atomic E-state index is -0.428. The Labute approximate surface area is 105 Å². The van der Waals surface area contributed by atoms with E-state index in [1.54, 1.807) is 16.9 Å². The average Bonchev–Trinajstić information content (AvgIpc) is 2.72. The fourth-order valence-electron chi connectivity index (χ4n) is 1.69. The smallest absolute Gasteiger partial charge is 0.167 e. The summed E-state index contributed by atoms with van der Waals surface area (Å²) in [7, 11) is 1.86. The molecule has 0 bridgehead atoms. The van der Waals surface area contributed by atoms with Crippen molar-refractivity contribution in [1.82, 2.24) is 9.78 Å². The number of nitrogen functional groups attached to an aromatic ring is 1. The van der Waals surface area contributed by atoms with Crippen molar-refractivity contribution in [2.75, 3.05) is 12.3 Å². The van der Waals surface area contributed by atoms with Crippen molar-refractivity contribution in [3.63, 3.8) is 0 Å². The van der Waals surface area contributed by atoms with E-state index in [0.29, 0.717) is 18.7 Å². The van der Waals surface area contributed by atoms with Gasteiger partial charge in [-0.05, 0) is 24.6 Å². The van der Waals surface area contributed by atoms with Crippen LogP contribution in [0.25, 0.3) is 0 Å². The predicted octanol–water partition coefficient (Wildman–Crippen LogP) is 2.07. The Morgan fingerprint density at radius 1 is 1.44 bits per heavy atom. The summed E-state index contributed by atoms with van der Waals surface area (Å²) < 4.78 is 20.8. The Bertz CT molecular complexity index is 551. The molecule has 0 saturated carbocycles. The number of aryl methyl sites for hydroxylation is 2. The molecule has 0 saturated heterocycles. The quantitative estimate of drug-likeness (QED) is 0.844. The van der Waals surface area contributed by atoms with Gasteiger partial charge in [0, 0.05) is 37.1 Å². The highest BCUT2D eigenvalue weighted by Crippen LogP contribution is 2.23. The standard InChI is InChI=1S/C13H16FN3O/c1-9-7-13(11(14)8-12(9)15)18-6-4-10-3-5-16-17(10)2/h3,5,7-8H,4,6,15H2,1-2H3. The number of halogens is 1. The van der Waals surface area contributed by atoms with E-state index in [1.807, 2.05) is 20.0 Å². The van der Waals surface area contributed by atoms with Crippen molar-refractivity contribution in [2.45, 2.75) is 13.3 Å². The first-order chi connectivity index (χ1) is 8.58. The molecule has 4 nitrogen and oxygen atoms in total. The van der Waals surface area contributed by atoms with Gasteiger partial charge in [0.05, 0.1) is 6.61 Å². The lowest BCUT2D eigenvalue weighted by atomic mass is 10.2. The van der Waals surface area contributed by atoms with Crippen LogP contribution < -0.4 is 10.5 Å². The van der Waals surface area contributed by atoms with E-state index in [1.165, 1.54) is 6.07 Å². The summed E-state index contributed by atoms with van der Waals surface area (Å²) in [5.74, 6) is -0.188. The normalized spacial score (nSPS) is 10.6. The molecule has 96 valence electrons. The third kappa shape index (κ3) is 2.61. The first kappa shape index (κ1) is 12.4. The molecule has 0 aliphatic carbocycles. The Morgan fingerprint density at radius 3 is 2.89 bits per heavy atom. The highest BCUT2D eigenvalue weighted by atomic mass is 19.1. The zero-order valence-corrected chi connectivity index (χ0v) is 10.5. The summed E-state index contributed by atoms with van der Waals surface area (Å²) in [5, 5.41) is 4.06. The number of ether oxygens (including phenoxy) is 1.